The molecule has 33 heavy (non-hydrogen) atoms. The van der Waals surface area contributed by atoms with E-state index in [-0.39, 0.29) is 33.9 Å². The molecule has 8 N–H and O–H groups in total. The van der Waals surface area contributed by atoms with Crippen LogP contribution >= 0.6 is 0 Å². The first-order valence-electron chi connectivity index (χ1n) is 10.8. The summed E-state index contributed by atoms with van der Waals surface area (Å²) in [6.45, 7) is 2.94. The number of nitrogens with one attached hydrogen (secondary N) is 3. The van der Waals surface area contributed by atoms with Gasteiger partial charge in [0.25, 0.3) is 0 Å². The number of benzene rings is 1. The van der Waals surface area contributed by atoms with E-state index in [1.165, 1.54) is 6.07 Å². The maximum absolute atomic E-state index is 13.1. The average Bonchev–Trinajstić information content (AvgIpc) is 3.30. The van der Waals surface area contributed by atoms with Gasteiger partial charge in [-0.05, 0) is 50.3 Å². The van der Waals surface area contributed by atoms with Gasteiger partial charge in [0.1, 0.15) is 4.90 Å². The van der Waals surface area contributed by atoms with E-state index in [0.29, 0.717) is 31.1 Å². The molecule has 1 aromatic rings. The number of nitrogens with zero attached hydrogens (tertiary/aromatic N) is 3. The van der Waals surface area contributed by atoms with E-state index in [4.69, 9.17) is 16.4 Å². The Morgan fingerprint density at radius 2 is 2.06 bits per heavy atom. The average molecular weight is 501 g/mol. The smallest absolute Gasteiger partial charge is 0.240 e. The lowest BCUT2D eigenvalue weighted by Gasteiger charge is -2.35. The Balaban J connectivity index is 2.00. The molecule has 0 radical (unpaired) electrons. The minimum atomic E-state index is -4.37. The van der Waals surface area contributed by atoms with Crippen molar-refractivity contribution in [2.45, 2.75) is 41.5 Å². The third-order valence-corrected chi connectivity index (χ3v) is 8.46. The van der Waals surface area contributed by atoms with E-state index in [0.717, 1.165) is 32.4 Å². The Morgan fingerprint density at radius 1 is 1.33 bits per heavy atom. The van der Waals surface area contributed by atoms with Crippen molar-refractivity contribution in [3.8, 4) is 0 Å². The number of anilines is 1. The van der Waals surface area contributed by atoms with Crippen LogP contribution in [0, 0.1) is 11.3 Å². The largest absolute Gasteiger partial charge is 0.396 e. The fraction of sp³-hybridized carbons (Fsp3) is 0.632. The van der Waals surface area contributed by atoms with Gasteiger partial charge in [0.2, 0.25) is 10.0 Å². The molecule has 2 aliphatic heterocycles. The summed E-state index contributed by atoms with van der Waals surface area (Å²) >= 11 is 0. The lowest BCUT2D eigenvalue weighted by molar-refractivity contribution is 0.240. The van der Waals surface area contributed by atoms with Crippen LogP contribution in [0.25, 0.3) is 0 Å². The molecule has 0 saturated carbocycles. The number of sulfonamides is 1. The number of aliphatic hydroxyl groups is 1. The number of aliphatic hydroxyl groups excluding tert-OH is 1. The van der Waals surface area contributed by atoms with Crippen LogP contribution in [-0.2, 0) is 20.8 Å². The molecule has 0 bridgehead atoms. The van der Waals surface area contributed by atoms with Gasteiger partial charge in [0.05, 0.1) is 27.1 Å². The monoisotopic (exact) mass is 500 g/mol. The number of primary sulfonamides is 1. The molecule has 1 aromatic carbocycles. The minimum absolute atomic E-state index is 0.0156. The molecular formula is C19H32N8O4S2. The molecule has 0 spiro atoms. The van der Waals surface area contributed by atoms with Crippen molar-refractivity contribution >= 4 is 32.3 Å². The predicted octanol–water partition coefficient (Wildman–Crippen LogP) is -0.399. The van der Waals surface area contributed by atoms with Gasteiger partial charge < -0.3 is 26.5 Å². The highest BCUT2D eigenvalue weighted by atomic mass is 32.2. The molecule has 2 aliphatic rings. The maximum Gasteiger partial charge on any atom is 0.240 e. The fourth-order valence-electron chi connectivity index (χ4n) is 4.36. The van der Waals surface area contributed by atoms with Crippen LogP contribution in [0.5, 0.6) is 0 Å². The SMILES string of the molecule is N=C(N=NN)c1c(N2CCC(CCO)CC2)ccc(S(=O)CN[C@@H]2CCNC2)c1S(N)(=O)=O. The second-order valence-electron chi connectivity index (χ2n) is 8.22. The number of hydrogen-bond donors (Lipinski definition) is 6. The third kappa shape index (κ3) is 6.33. The van der Waals surface area contributed by atoms with E-state index in [1.54, 1.807) is 6.07 Å². The number of nitrogens with two attached hydrogens (primary N) is 2. The first kappa shape index (κ1) is 25.6. The highest BCUT2D eigenvalue weighted by Crippen LogP contribution is 2.35. The summed E-state index contributed by atoms with van der Waals surface area (Å²) in [6, 6.07) is 3.30. The molecule has 0 amide bonds. The van der Waals surface area contributed by atoms with Crippen molar-refractivity contribution in [2.75, 3.05) is 43.6 Å². The zero-order valence-electron chi connectivity index (χ0n) is 18.4. The highest BCUT2D eigenvalue weighted by molar-refractivity contribution is 7.91. The molecule has 3 rings (SSSR count). The maximum atomic E-state index is 13.1. The number of piperidine rings is 1. The summed E-state index contributed by atoms with van der Waals surface area (Å²) in [6.07, 6.45) is 3.21. The van der Waals surface area contributed by atoms with E-state index < -0.39 is 26.7 Å². The van der Waals surface area contributed by atoms with Gasteiger partial charge in [0, 0.05) is 38.0 Å². The van der Waals surface area contributed by atoms with Crippen LogP contribution in [0.15, 0.2) is 32.3 Å². The second-order valence-corrected chi connectivity index (χ2v) is 11.1. The van der Waals surface area contributed by atoms with E-state index in [9.17, 15) is 17.7 Å². The van der Waals surface area contributed by atoms with Gasteiger partial charge in [0.15, 0.2) is 5.84 Å². The summed E-state index contributed by atoms with van der Waals surface area (Å²) in [5.41, 5.74) is 0.397. The summed E-state index contributed by atoms with van der Waals surface area (Å²) < 4.78 is 38.5. The normalized spacial score (nSPS) is 21.0. The van der Waals surface area contributed by atoms with E-state index >= 15 is 0 Å². The molecule has 14 heteroatoms. The summed E-state index contributed by atoms with van der Waals surface area (Å²) in [5, 5.41) is 36.2. The summed E-state index contributed by atoms with van der Waals surface area (Å²) in [4.78, 5) is 1.58. The van der Waals surface area contributed by atoms with Gasteiger partial charge in [-0.15, -0.1) is 5.11 Å². The molecule has 2 saturated heterocycles. The Morgan fingerprint density at radius 3 is 2.64 bits per heavy atom. The summed E-state index contributed by atoms with van der Waals surface area (Å²) in [5.74, 6) is 5.09. The van der Waals surface area contributed by atoms with Crippen LogP contribution in [0.3, 0.4) is 0 Å². The van der Waals surface area contributed by atoms with Crippen LogP contribution < -0.4 is 26.5 Å². The summed E-state index contributed by atoms with van der Waals surface area (Å²) in [7, 11) is -6.10. The first-order chi connectivity index (χ1) is 15.8. The molecule has 2 atom stereocenters. The number of rotatable bonds is 9. The Hall–Kier alpha value is -1.97. The van der Waals surface area contributed by atoms with Crippen LogP contribution in [0.4, 0.5) is 5.69 Å². The third-order valence-electron chi connectivity index (χ3n) is 6.08. The molecule has 0 aromatic heterocycles. The van der Waals surface area contributed by atoms with Crippen molar-refractivity contribution in [1.29, 1.82) is 5.41 Å². The highest BCUT2D eigenvalue weighted by Gasteiger charge is 2.31. The van der Waals surface area contributed by atoms with Crippen molar-refractivity contribution < 1.29 is 17.7 Å². The Kier molecular flexibility index (Phi) is 8.89. The van der Waals surface area contributed by atoms with Crippen LogP contribution in [0.1, 0.15) is 31.2 Å². The molecule has 184 valence electrons. The molecule has 0 aliphatic carbocycles. The van der Waals surface area contributed by atoms with Crippen LogP contribution in [-0.4, -0.2) is 68.3 Å². The molecule has 1 unspecified atom stereocenters. The zero-order chi connectivity index (χ0) is 24.0. The van der Waals surface area contributed by atoms with Crippen molar-refractivity contribution in [1.82, 2.24) is 10.6 Å². The lowest BCUT2D eigenvalue weighted by Crippen LogP contribution is -2.36. The lowest BCUT2D eigenvalue weighted by atomic mass is 9.93. The fourth-order valence-corrected chi connectivity index (χ4v) is 6.89. The number of hydrogen-bond acceptors (Lipinski definition) is 9. The molecular weight excluding hydrogens is 468 g/mol. The van der Waals surface area contributed by atoms with Gasteiger partial charge in [-0.3, -0.25) is 9.62 Å². The Bertz CT molecular complexity index is 1000. The van der Waals surface area contributed by atoms with Crippen LogP contribution in [0.2, 0.25) is 0 Å². The predicted molar refractivity (Wildman–Crippen MR) is 126 cm³/mol. The van der Waals surface area contributed by atoms with Gasteiger partial charge in [-0.1, -0.05) is 5.22 Å². The van der Waals surface area contributed by atoms with E-state index in [1.807, 2.05) is 4.90 Å². The molecule has 2 fully saturated rings. The molecule has 12 nitrogen and oxygen atoms in total. The van der Waals surface area contributed by atoms with Gasteiger partial charge in [-0.2, -0.15) is 0 Å². The van der Waals surface area contributed by atoms with Crippen molar-refractivity contribution in [3.05, 3.63) is 17.7 Å². The van der Waals surface area contributed by atoms with Gasteiger partial charge in [-0.25, -0.2) is 13.6 Å². The van der Waals surface area contributed by atoms with Crippen molar-refractivity contribution in [3.63, 3.8) is 0 Å². The van der Waals surface area contributed by atoms with Crippen molar-refractivity contribution in [2.24, 2.45) is 27.2 Å². The number of amidine groups is 1. The topological polar surface area (TPSA) is 199 Å². The quantitative estimate of drug-likeness (QED) is 0.0864. The molecule has 2 heterocycles. The zero-order valence-corrected chi connectivity index (χ0v) is 20.0. The second kappa shape index (κ2) is 11.4. The first-order valence-corrected chi connectivity index (χ1v) is 13.7. The van der Waals surface area contributed by atoms with Gasteiger partial charge >= 0.3 is 0 Å². The van der Waals surface area contributed by atoms with E-state index in [2.05, 4.69) is 21.0 Å². The standard InChI is InChI=1S/C19H32N8O4S2/c20-19(25-26-21)17-15(27-8-4-13(5-9-27)6-10-28)1-2-16(18(17)33(22,30)31)32(29)12-24-14-3-7-23-11-14/h1-2,13-14,23-24,28H,3-12H2,(H3,20,21,25)(H2,22,30,31)/t14-,32?/m1/s1. The minimum Gasteiger partial charge on any atom is -0.396 e. The Labute approximate surface area is 196 Å².